The average Bonchev–Trinajstić information content (AvgIpc) is 3.56. The number of nitrogens with zero attached hydrogens (tertiary/aromatic N) is 2. The first-order valence-corrected chi connectivity index (χ1v) is 14.5. The molecule has 0 unspecified atom stereocenters. The van der Waals surface area contributed by atoms with Crippen molar-refractivity contribution >= 4 is 46.6 Å². The molecule has 37 heavy (non-hydrogen) atoms. The van der Waals surface area contributed by atoms with Gasteiger partial charge in [-0.3, -0.25) is 19.3 Å². The summed E-state index contributed by atoms with van der Waals surface area (Å²) in [5, 5.41) is 10.9. The number of fused-ring (bicyclic) bond motifs is 9. The van der Waals surface area contributed by atoms with E-state index in [4.69, 9.17) is 0 Å². The summed E-state index contributed by atoms with van der Waals surface area (Å²) in [6.45, 7) is 3.81. The number of carboxylic acids is 1. The topological polar surface area (TPSA) is 111 Å². The van der Waals surface area contributed by atoms with Gasteiger partial charge in [-0.15, -0.1) is 11.8 Å². The predicted molar refractivity (Wildman–Crippen MR) is 142 cm³/mol. The van der Waals surface area contributed by atoms with Crippen molar-refractivity contribution in [1.82, 2.24) is 9.88 Å². The van der Waals surface area contributed by atoms with Gasteiger partial charge in [0, 0.05) is 35.8 Å². The van der Waals surface area contributed by atoms with Gasteiger partial charge in [0.1, 0.15) is 6.04 Å². The third-order valence-corrected chi connectivity index (χ3v) is 11.4. The van der Waals surface area contributed by atoms with E-state index in [1.165, 1.54) is 11.3 Å². The number of aliphatic carboxylic acids is 1. The highest BCUT2D eigenvalue weighted by molar-refractivity contribution is 8.00. The zero-order chi connectivity index (χ0) is 26.3. The SMILES string of the molecule is CC(C)C[C@H](C(=O)O)N1C(=O)[C@@H]2[C@@H]3C[C@H]([C@H]4Sc5[nH]c(=O)sc5[C@@H](c5ccc(N(C)C)cc5)[C@H]34)[C@@H]2C1=O. The Bertz CT molecular complexity index is 1330. The standard InChI is InChI=1S/C27H31N3O5S2/c1-11(2)9-16(26(33)34)30-24(31)19-14-10-15(20(19)25(30)32)21-18(14)17(22-23(36-21)28-27(35)37-22)12-5-7-13(8-6-12)29(3)4/h5-8,11,14-21H,9-10H2,1-4H3,(H,28,35)(H,33,34)/t14-,15+,16-,17+,18+,19-,20+,21-/m1/s1. The summed E-state index contributed by atoms with van der Waals surface area (Å²) in [6.07, 6.45) is 1.04. The Morgan fingerprint density at radius 1 is 1.11 bits per heavy atom. The summed E-state index contributed by atoms with van der Waals surface area (Å²) in [4.78, 5) is 59.1. The second kappa shape index (κ2) is 8.73. The number of likely N-dealkylation sites (tertiary alicyclic amines) is 1. The minimum absolute atomic E-state index is 0.0138. The third-order valence-electron chi connectivity index (χ3n) is 8.82. The molecule has 8 nitrogen and oxygen atoms in total. The number of rotatable bonds is 6. The van der Waals surface area contributed by atoms with Crippen molar-refractivity contribution < 1.29 is 19.5 Å². The van der Waals surface area contributed by atoms with Crippen LogP contribution in [0.5, 0.6) is 0 Å². The molecule has 2 amide bonds. The van der Waals surface area contributed by atoms with E-state index in [-0.39, 0.29) is 57.9 Å². The minimum atomic E-state index is -1.12. The van der Waals surface area contributed by atoms with Crippen LogP contribution >= 0.6 is 23.1 Å². The van der Waals surface area contributed by atoms with Crippen LogP contribution in [0, 0.1) is 35.5 Å². The molecule has 10 heteroatoms. The monoisotopic (exact) mass is 541 g/mol. The fourth-order valence-electron chi connectivity index (χ4n) is 7.46. The van der Waals surface area contributed by atoms with E-state index in [2.05, 4.69) is 29.2 Å². The van der Waals surface area contributed by atoms with Crippen molar-refractivity contribution in [3.05, 3.63) is 44.4 Å². The number of imide groups is 1. The Hall–Kier alpha value is -2.59. The van der Waals surface area contributed by atoms with Crippen LogP contribution in [-0.4, -0.2) is 58.2 Å². The van der Waals surface area contributed by atoms with Crippen LogP contribution in [-0.2, 0) is 14.4 Å². The maximum atomic E-state index is 13.8. The van der Waals surface area contributed by atoms with Gasteiger partial charge in [0.05, 0.1) is 16.9 Å². The molecule has 0 spiro atoms. The summed E-state index contributed by atoms with van der Waals surface area (Å²) >= 11 is 2.89. The third kappa shape index (κ3) is 3.62. The van der Waals surface area contributed by atoms with Gasteiger partial charge in [-0.25, -0.2) is 4.79 Å². The molecule has 1 aromatic carbocycles. The summed E-state index contributed by atoms with van der Waals surface area (Å²) in [5.41, 5.74) is 2.19. The number of thioether (sulfide) groups is 1. The van der Waals surface area contributed by atoms with Crippen molar-refractivity contribution in [1.29, 1.82) is 0 Å². The second-order valence-electron chi connectivity index (χ2n) is 11.5. The maximum absolute atomic E-state index is 13.8. The number of H-pyrrole nitrogens is 1. The summed E-state index contributed by atoms with van der Waals surface area (Å²) in [5.74, 6) is -2.62. The number of carboxylic acid groups (broad SMARTS) is 1. The van der Waals surface area contributed by atoms with Gasteiger partial charge in [0.25, 0.3) is 0 Å². The van der Waals surface area contributed by atoms with Gasteiger partial charge in [-0.1, -0.05) is 37.3 Å². The van der Waals surface area contributed by atoms with Gasteiger partial charge in [-0.05, 0) is 54.2 Å². The first-order valence-electron chi connectivity index (χ1n) is 12.8. The minimum Gasteiger partial charge on any atom is -0.480 e. The largest absolute Gasteiger partial charge is 0.480 e. The lowest BCUT2D eigenvalue weighted by Crippen LogP contribution is -2.47. The van der Waals surface area contributed by atoms with Crippen molar-refractivity contribution in [2.24, 2.45) is 35.5 Å². The Labute approximate surface area is 223 Å². The number of amides is 2. The molecule has 196 valence electrons. The number of carbonyl (C=O) groups is 3. The van der Waals surface area contributed by atoms with E-state index in [1.54, 1.807) is 11.8 Å². The highest BCUT2D eigenvalue weighted by atomic mass is 32.2. The van der Waals surface area contributed by atoms with E-state index < -0.39 is 23.8 Å². The highest BCUT2D eigenvalue weighted by Crippen LogP contribution is 2.68. The van der Waals surface area contributed by atoms with Gasteiger partial charge in [0.2, 0.25) is 11.8 Å². The van der Waals surface area contributed by atoms with Gasteiger partial charge >= 0.3 is 10.8 Å². The van der Waals surface area contributed by atoms with Gasteiger partial charge < -0.3 is 15.0 Å². The number of aromatic amines is 1. The molecule has 8 atom stereocenters. The number of carbonyl (C=O) groups excluding carboxylic acids is 2. The average molecular weight is 542 g/mol. The van der Waals surface area contributed by atoms with Crippen LogP contribution in [0.3, 0.4) is 0 Å². The van der Waals surface area contributed by atoms with Crippen molar-refractivity contribution in [2.45, 2.75) is 48.9 Å². The van der Waals surface area contributed by atoms with Gasteiger partial charge in [-0.2, -0.15) is 0 Å². The lowest BCUT2D eigenvalue weighted by Gasteiger charge is -2.43. The molecule has 3 heterocycles. The fraction of sp³-hybridized carbons (Fsp3) is 0.556. The Kier molecular flexibility index (Phi) is 5.83. The highest BCUT2D eigenvalue weighted by Gasteiger charge is 2.70. The molecule has 2 aromatic rings. The van der Waals surface area contributed by atoms with Crippen LogP contribution in [0.1, 0.15) is 43.0 Å². The summed E-state index contributed by atoms with van der Waals surface area (Å²) in [6, 6.07) is 7.26. The zero-order valence-electron chi connectivity index (χ0n) is 21.2. The number of hydrogen-bond donors (Lipinski definition) is 2. The second-order valence-corrected chi connectivity index (χ2v) is 13.7. The predicted octanol–water partition coefficient (Wildman–Crippen LogP) is 3.48. The molecule has 2 saturated carbocycles. The van der Waals surface area contributed by atoms with E-state index in [9.17, 15) is 24.3 Å². The smallest absolute Gasteiger partial charge is 0.326 e. The van der Waals surface area contributed by atoms with E-state index >= 15 is 0 Å². The molecule has 6 rings (SSSR count). The Morgan fingerprint density at radius 2 is 1.76 bits per heavy atom. The normalized spacial score (nSPS) is 32.5. The van der Waals surface area contributed by atoms with Crippen LogP contribution in [0.15, 0.2) is 34.1 Å². The van der Waals surface area contributed by atoms with E-state index in [0.717, 1.165) is 32.5 Å². The molecular weight excluding hydrogens is 510 g/mol. The van der Waals surface area contributed by atoms with Crippen LogP contribution in [0.2, 0.25) is 0 Å². The van der Waals surface area contributed by atoms with E-state index in [0.29, 0.717) is 0 Å². The lowest BCUT2D eigenvalue weighted by molar-refractivity contribution is -0.156. The molecule has 1 aromatic heterocycles. The zero-order valence-corrected chi connectivity index (χ0v) is 22.8. The van der Waals surface area contributed by atoms with Crippen LogP contribution in [0.25, 0.3) is 0 Å². The Balaban J connectivity index is 1.40. The number of aromatic nitrogens is 1. The first-order chi connectivity index (χ1) is 17.6. The van der Waals surface area contributed by atoms with Crippen LogP contribution in [0.4, 0.5) is 5.69 Å². The van der Waals surface area contributed by atoms with Crippen molar-refractivity contribution in [3.8, 4) is 0 Å². The molecule has 2 aliphatic carbocycles. The quantitative estimate of drug-likeness (QED) is 0.539. The molecule has 3 fully saturated rings. The van der Waals surface area contributed by atoms with Gasteiger partial charge in [0.15, 0.2) is 0 Å². The summed E-state index contributed by atoms with van der Waals surface area (Å²) < 4.78 is 0. The molecule has 2 aliphatic heterocycles. The fourth-order valence-corrected chi connectivity index (χ4v) is 10.4. The number of benzene rings is 1. The number of anilines is 1. The van der Waals surface area contributed by atoms with Crippen molar-refractivity contribution in [3.63, 3.8) is 0 Å². The van der Waals surface area contributed by atoms with Crippen LogP contribution < -0.4 is 9.77 Å². The molecule has 4 aliphatic rings. The molecule has 2 bridgehead atoms. The Morgan fingerprint density at radius 3 is 2.35 bits per heavy atom. The lowest BCUT2D eigenvalue weighted by atomic mass is 9.68. The molecular formula is C27H31N3O5S2. The molecule has 0 radical (unpaired) electrons. The van der Waals surface area contributed by atoms with Crippen molar-refractivity contribution in [2.75, 3.05) is 19.0 Å². The summed E-state index contributed by atoms with van der Waals surface area (Å²) in [7, 11) is 3.99. The number of thiazole rings is 1. The molecule has 2 N–H and O–H groups in total. The number of hydrogen-bond acceptors (Lipinski definition) is 7. The first kappa shape index (κ1) is 24.7. The molecule has 1 saturated heterocycles. The number of nitrogens with one attached hydrogen (secondary N) is 1. The van der Waals surface area contributed by atoms with E-state index in [1.807, 2.05) is 32.8 Å². The maximum Gasteiger partial charge on any atom is 0.326 e.